The van der Waals surface area contributed by atoms with Crippen LogP contribution in [0.5, 0.6) is 0 Å². The molecule has 3 fully saturated rings. The van der Waals surface area contributed by atoms with Crippen LogP contribution in [0.15, 0.2) is 30.9 Å². The van der Waals surface area contributed by atoms with Crippen LogP contribution in [0.25, 0.3) is 11.3 Å². The van der Waals surface area contributed by atoms with Gasteiger partial charge in [-0.15, -0.1) is 10.2 Å². The first-order valence-corrected chi connectivity index (χ1v) is 11.3. The molecule has 0 spiro atoms. The van der Waals surface area contributed by atoms with Crippen molar-refractivity contribution in [3.8, 4) is 11.3 Å². The molecule has 5 rings (SSSR count). The number of hydrogen-bond donors (Lipinski definition) is 0. The van der Waals surface area contributed by atoms with Gasteiger partial charge in [0.25, 0.3) is 0 Å². The minimum atomic E-state index is 0.274. The van der Waals surface area contributed by atoms with E-state index in [1.807, 2.05) is 12.1 Å². The number of carbonyl (C=O) groups excluding carboxylic acids is 1. The Labute approximate surface area is 183 Å². The lowest BCUT2D eigenvalue weighted by atomic mass is 9.91. The van der Waals surface area contributed by atoms with Gasteiger partial charge in [-0.1, -0.05) is 6.42 Å². The Hall–Kier alpha value is -2.65. The second-order valence-corrected chi connectivity index (χ2v) is 8.67. The number of piperazine rings is 2. The molecule has 0 unspecified atom stereocenters. The molecule has 164 valence electrons. The molecule has 31 heavy (non-hydrogen) atoms. The molecule has 2 aromatic heterocycles. The molecule has 0 aromatic carbocycles. The average Bonchev–Trinajstić information content (AvgIpc) is 2.80. The molecule has 0 bridgehead atoms. The third-order valence-electron chi connectivity index (χ3n) is 6.82. The number of anilines is 1. The fraction of sp³-hybridized carbons (Fsp3) is 0.591. The second kappa shape index (κ2) is 9.23. The van der Waals surface area contributed by atoms with Crippen molar-refractivity contribution in [2.45, 2.75) is 25.3 Å². The summed E-state index contributed by atoms with van der Waals surface area (Å²) in [5.74, 6) is 1.15. The summed E-state index contributed by atoms with van der Waals surface area (Å²) >= 11 is 0. The molecule has 3 aliphatic rings. The van der Waals surface area contributed by atoms with Crippen LogP contribution in [0.1, 0.15) is 19.3 Å². The van der Waals surface area contributed by atoms with Crippen LogP contribution in [0.3, 0.4) is 0 Å². The maximum Gasteiger partial charge on any atom is 0.236 e. The lowest BCUT2D eigenvalue weighted by molar-refractivity contribution is -0.134. The standard InChI is InChI=1S/C22H30N8O/c31-22(30-12-10-28(11-13-30)19-2-1-3-19)16-27-6-8-29(9-7-27)21-5-4-20(25-26-21)18-14-23-17-24-15-18/h4-5,14-15,17,19H,1-3,6-13,16H2. The average molecular weight is 423 g/mol. The van der Waals surface area contributed by atoms with E-state index in [-0.39, 0.29) is 5.91 Å². The monoisotopic (exact) mass is 422 g/mol. The van der Waals surface area contributed by atoms with Gasteiger partial charge >= 0.3 is 0 Å². The Morgan fingerprint density at radius 2 is 1.65 bits per heavy atom. The van der Waals surface area contributed by atoms with Gasteiger partial charge in [0.05, 0.1) is 12.2 Å². The van der Waals surface area contributed by atoms with Gasteiger partial charge < -0.3 is 9.80 Å². The van der Waals surface area contributed by atoms with Gasteiger partial charge in [0.15, 0.2) is 5.82 Å². The van der Waals surface area contributed by atoms with E-state index in [0.29, 0.717) is 6.54 Å². The Morgan fingerprint density at radius 1 is 0.903 bits per heavy atom. The highest BCUT2D eigenvalue weighted by Crippen LogP contribution is 2.25. The molecular weight excluding hydrogens is 392 g/mol. The SMILES string of the molecule is O=C(CN1CCN(c2ccc(-c3cncnc3)nn2)CC1)N1CCN(C2CCC2)CC1. The van der Waals surface area contributed by atoms with E-state index in [1.165, 1.54) is 25.6 Å². The number of rotatable bonds is 5. The highest BCUT2D eigenvalue weighted by molar-refractivity contribution is 5.78. The first-order valence-electron chi connectivity index (χ1n) is 11.3. The molecular formula is C22H30N8O. The Bertz CT molecular complexity index is 857. The normalized spacial score (nSPS) is 21.2. The van der Waals surface area contributed by atoms with Crippen LogP contribution in [0.2, 0.25) is 0 Å². The van der Waals surface area contributed by atoms with Crippen LogP contribution < -0.4 is 4.90 Å². The summed E-state index contributed by atoms with van der Waals surface area (Å²) in [5, 5.41) is 8.72. The summed E-state index contributed by atoms with van der Waals surface area (Å²) in [7, 11) is 0. The zero-order valence-corrected chi connectivity index (χ0v) is 17.9. The third-order valence-corrected chi connectivity index (χ3v) is 6.82. The Kier molecular flexibility index (Phi) is 6.04. The van der Waals surface area contributed by atoms with Crippen LogP contribution in [0, 0.1) is 0 Å². The topological polar surface area (TPSA) is 81.6 Å². The highest BCUT2D eigenvalue weighted by Gasteiger charge is 2.30. The molecule has 1 amide bonds. The van der Waals surface area contributed by atoms with E-state index in [9.17, 15) is 4.79 Å². The van der Waals surface area contributed by atoms with Gasteiger partial charge in [0.2, 0.25) is 5.91 Å². The molecule has 1 aliphatic carbocycles. The smallest absolute Gasteiger partial charge is 0.236 e. The van der Waals surface area contributed by atoms with E-state index in [4.69, 9.17) is 0 Å². The van der Waals surface area contributed by atoms with E-state index in [1.54, 1.807) is 12.4 Å². The van der Waals surface area contributed by atoms with Crippen LogP contribution in [-0.2, 0) is 4.79 Å². The van der Waals surface area contributed by atoms with Crippen molar-refractivity contribution >= 4 is 11.7 Å². The van der Waals surface area contributed by atoms with Crippen LogP contribution in [-0.4, -0.2) is 106 Å². The fourth-order valence-corrected chi connectivity index (χ4v) is 4.59. The summed E-state index contributed by atoms with van der Waals surface area (Å²) < 4.78 is 0. The van der Waals surface area contributed by atoms with E-state index in [2.05, 4.69) is 39.8 Å². The van der Waals surface area contributed by atoms with Gasteiger partial charge in [-0.25, -0.2) is 9.97 Å². The van der Waals surface area contributed by atoms with Crippen molar-refractivity contribution in [1.29, 1.82) is 0 Å². The predicted molar refractivity (Wildman–Crippen MR) is 118 cm³/mol. The van der Waals surface area contributed by atoms with Gasteiger partial charge in [-0.3, -0.25) is 14.6 Å². The van der Waals surface area contributed by atoms with Crippen molar-refractivity contribution < 1.29 is 4.79 Å². The first kappa shape index (κ1) is 20.3. The quantitative estimate of drug-likeness (QED) is 0.698. The first-order chi connectivity index (χ1) is 15.3. The molecule has 1 saturated carbocycles. The molecule has 0 radical (unpaired) electrons. The number of hydrogen-bond acceptors (Lipinski definition) is 8. The molecule has 0 N–H and O–H groups in total. The maximum absolute atomic E-state index is 12.8. The van der Waals surface area contributed by atoms with Gasteiger partial charge in [0.1, 0.15) is 6.33 Å². The Morgan fingerprint density at radius 3 is 2.26 bits per heavy atom. The molecule has 2 aliphatic heterocycles. The van der Waals surface area contributed by atoms with Crippen molar-refractivity contribution in [2.75, 3.05) is 63.8 Å². The molecule has 2 aromatic rings. The molecule has 0 atom stereocenters. The third kappa shape index (κ3) is 4.67. The minimum Gasteiger partial charge on any atom is -0.353 e. The number of amides is 1. The zero-order chi connectivity index (χ0) is 21.0. The number of carbonyl (C=O) groups is 1. The molecule has 2 saturated heterocycles. The van der Waals surface area contributed by atoms with Crippen molar-refractivity contribution in [3.05, 3.63) is 30.9 Å². The van der Waals surface area contributed by atoms with Crippen molar-refractivity contribution in [2.24, 2.45) is 0 Å². The summed E-state index contributed by atoms with van der Waals surface area (Å²) in [6.07, 6.45) is 9.02. The summed E-state index contributed by atoms with van der Waals surface area (Å²) in [5.41, 5.74) is 1.63. The molecule has 9 nitrogen and oxygen atoms in total. The largest absolute Gasteiger partial charge is 0.353 e. The van der Waals surface area contributed by atoms with Gasteiger partial charge in [0, 0.05) is 76.4 Å². The van der Waals surface area contributed by atoms with E-state index >= 15 is 0 Å². The lowest BCUT2D eigenvalue weighted by Crippen LogP contribution is -2.56. The summed E-state index contributed by atoms with van der Waals surface area (Å²) in [4.78, 5) is 30.0. The van der Waals surface area contributed by atoms with Gasteiger partial charge in [-0.05, 0) is 25.0 Å². The predicted octanol–water partition coefficient (Wildman–Crippen LogP) is 0.752. The molecule has 4 heterocycles. The minimum absolute atomic E-state index is 0.274. The van der Waals surface area contributed by atoms with Crippen molar-refractivity contribution in [3.63, 3.8) is 0 Å². The zero-order valence-electron chi connectivity index (χ0n) is 17.9. The Balaban J connectivity index is 1.08. The van der Waals surface area contributed by atoms with Crippen molar-refractivity contribution in [1.82, 2.24) is 34.9 Å². The molecule has 9 heteroatoms. The fourth-order valence-electron chi connectivity index (χ4n) is 4.59. The lowest BCUT2D eigenvalue weighted by Gasteiger charge is -2.43. The van der Waals surface area contributed by atoms with E-state index in [0.717, 1.165) is 75.5 Å². The second-order valence-electron chi connectivity index (χ2n) is 8.67. The summed E-state index contributed by atoms with van der Waals surface area (Å²) in [6, 6.07) is 4.74. The summed E-state index contributed by atoms with van der Waals surface area (Å²) in [6.45, 7) is 7.79. The van der Waals surface area contributed by atoms with E-state index < -0.39 is 0 Å². The van der Waals surface area contributed by atoms with Gasteiger partial charge in [-0.2, -0.15) is 0 Å². The number of nitrogens with zero attached hydrogens (tertiary/aromatic N) is 8. The highest BCUT2D eigenvalue weighted by atomic mass is 16.2. The number of aromatic nitrogens is 4. The van der Waals surface area contributed by atoms with Crippen LogP contribution >= 0.6 is 0 Å². The maximum atomic E-state index is 12.8. The van der Waals surface area contributed by atoms with Crippen LogP contribution in [0.4, 0.5) is 5.82 Å².